The van der Waals surface area contributed by atoms with Crippen LogP contribution in [0.4, 0.5) is 10.1 Å². The van der Waals surface area contributed by atoms with Crippen LogP contribution in [0.5, 0.6) is 0 Å². The Kier molecular flexibility index (Phi) is 7.90. The second-order valence-electron chi connectivity index (χ2n) is 7.81. The number of methoxy groups -OCH3 is 1. The number of thioether (sulfide) groups is 1. The van der Waals surface area contributed by atoms with Gasteiger partial charge in [0.15, 0.2) is 5.17 Å². The molecule has 2 heterocycles. The number of halogens is 2. The lowest BCUT2D eigenvalue weighted by molar-refractivity contribution is -0.141. The van der Waals surface area contributed by atoms with Crippen LogP contribution < -0.4 is 5.32 Å². The Balaban J connectivity index is 1.63. The van der Waals surface area contributed by atoms with Crippen molar-refractivity contribution in [3.63, 3.8) is 0 Å². The van der Waals surface area contributed by atoms with E-state index < -0.39 is 12.0 Å². The Labute approximate surface area is 211 Å². The Morgan fingerprint density at radius 1 is 1.14 bits per heavy atom. The van der Waals surface area contributed by atoms with E-state index in [0.29, 0.717) is 32.8 Å². The van der Waals surface area contributed by atoms with E-state index in [2.05, 4.69) is 10.3 Å². The molecule has 0 aromatic heterocycles. The van der Waals surface area contributed by atoms with Gasteiger partial charge in [-0.3, -0.25) is 4.79 Å². The number of carbonyl (C=O) groups is 2. The van der Waals surface area contributed by atoms with Gasteiger partial charge in [0.05, 0.1) is 30.3 Å². The van der Waals surface area contributed by atoms with Gasteiger partial charge < -0.3 is 19.7 Å². The Morgan fingerprint density at radius 2 is 1.86 bits per heavy atom. The van der Waals surface area contributed by atoms with Crippen LogP contribution >= 0.6 is 23.4 Å². The van der Waals surface area contributed by atoms with Crippen LogP contribution in [0.2, 0.25) is 5.02 Å². The number of amides is 1. The van der Waals surface area contributed by atoms with Gasteiger partial charge in [0.25, 0.3) is 0 Å². The maximum Gasteiger partial charge on any atom is 0.338 e. The maximum atomic E-state index is 13.2. The van der Waals surface area contributed by atoms with E-state index in [1.54, 1.807) is 19.1 Å². The zero-order valence-electron chi connectivity index (χ0n) is 19.1. The third-order valence-corrected chi connectivity index (χ3v) is 6.54. The van der Waals surface area contributed by atoms with Gasteiger partial charge in [-0.2, -0.15) is 0 Å². The van der Waals surface area contributed by atoms with Gasteiger partial charge in [0.2, 0.25) is 5.91 Å². The van der Waals surface area contributed by atoms with Crippen molar-refractivity contribution in [1.82, 2.24) is 4.90 Å². The number of amidine groups is 1. The van der Waals surface area contributed by atoms with Crippen LogP contribution in [-0.4, -0.2) is 42.3 Å². The Hall–Kier alpha value is -3.14. The van der Waals surface area contributed by atoms with E-state index >= 15 is 0 Å². The predicted octanol–water partition coefficient (Wildman–Crippen LogP) is 5.27. The first-order valence-electron chi connectivity index (χ1n) is 10.8. The molecule has 2 aromatic rings. The second-order valence-corrected chi connectivity index (χ2v) is 9.08. The van der Waals surface area contributed by atoms with Crippen molar-refractivity contribution in [2.24, 2.45) is 4.99 Å². The summed E-state index contributed by atoms with van der Waals surface area (Å²) in [5.74, 6) is -1.17. The van der Waals surface area contributed by atoms with Gasteiger partial charge in [-0.25, -0.2) is 14.2 Å². The van der Waals surface area contributed by atoms with Crippen molar-refractivity contribution in [3.8, 4) is 0 Å². The molecule has 10 heteroatoms. The monoisotopic (exact) mass is 515 g/mol. The number of ether oxygens (including phenoxy) is 2. The van der Waals surface area contributed by atoms with Gasteiger partial charge in [-0.05, 0) is 54.3 Å². The molecule has 1 amide bonds. The van der Waals surface area contributed by atoms with Crippen molar-refractivity contribution in [2.45, 2.75) is 19.4 Å². The number of hydrogen-bond donors (Lipinski definition) is 1. The second kappa shape index (κ2) is 11.1. The van der Waals surface area contributed by atoms with E-state index in [-0.39, 0.29) is 31.4 Å². The SMILES string of the molecule is COCCOC(=O)C1=C(C)N=C2SC=C(CC(=O)Nc3ccc(F)cc3)N2C1c1ccc(Cl)cc1. The lowest BCUT2D eigenvalue weighted by Crippen LogP contribution is -2.37. The smallest absolute Gasteiger partial charge is 0.338 e. The van der Waals surface area contributed by atoms with Crippen molar-refractivity contribution in [3.05, 3.63) is 87.3 Å². The molecule has 0 bridgehead atoms. The molecule has 182 valence electrons. The first-order valence-corrected chi connectivity index (χ1v) is 12.0. The first-order chi connectivity index (χ1) is 16.9. The molecule has 35 heavy (non-hydrogen) atoms. The fourth-order valence-corrected chi connectivity index (χ4v) is 4.88. The molecule has 1 atom stereocenters. The summed E-state index contributed by atoms with van der Waals surface area (Å²) in [6.07, 6.45) is 0.0263. The van der Waals surface area contributed by atoms with Gasteiger partial charge in [-0.15, -0.1) is 0 Å². The van der Waals surface area contributed by atoms with Gasteiger partial charge >= 0.3 is 5.97 Å². The maximum absolute atomic E-state index is 13.2. The highest BCUT2D eigenvalue weighted by Crippen LogP contribution is 2.45. The van der Waals surface area contributed by atoms with Crippen LogP contribution in [-0.2, 0) is 19.1 Å². The van der Waals surface area contributed by atoms with Crippen LogP contribution in [0, 0.1) is 5.82 Å². The van der Waals surface area contributed by atoms with Crippen molar-refractivity contribution in [2.75, 3.05) is 25.6 Å². The molecular formula is C25H23ClFN3O4S. The molecule has 2 aliphatic heterocycles. The highest BCUT2D eigenvalue weighted by Gasteiger charge is 2.41. The third kappa shape index (κ3) is 5.75. The zero-order chi connectivity index (χ0) is 24.9. The lowest BCUT2D eigenvalue weighted by atomic mass is 9.94. The number of allylic oxidation sites excluding steroid dienone is 1. The highest BCUT2D eigenvalue weighted by molar-refractivity contribution is 8.16. The molecule has 0 spiro atoms. The molecule has 0 aliphatic carbocycles. The third-order valence-electron chi connectivity index (χ3n) is 5.40. The zero-order valence-corrected chi connectivity index (χ0v) is 20.7. The Morgan fingerprint density at radius 3 is 2.54 bits per heavy atom. The molecule has 0 radical (unpaired) electrons. The number of aliphatic imine (C=N–C) groups is 1. The van der Waals surface area contributed by atoms with Crippen LogP contribution in [0.15, 0.2) is 75.9 Å². The molecule has 7 nitrogen and oxygen atoms in total. The number of esters is 1. The lowest BCUT2D eigenvalue weighted by Gasteiger charge is -2.36. The minimum atomic E-state index is -0.560. The number of nitrogens with zero attached hydrogens (tertiary/aromatic N) is 2. The van der Waals surface area contributed by atoms with E-state index in [9.17, 15) is 14.0 Å². The number of rotatable bonds is 8. The molecule has 0 fully saturated rings. The summed E-state index contributed by atoms with van der Waals surface area (Å²) in [5, 5.41) is 5.84. The number of fused-ring (bicyclic) bond motifs is 1. The molecule has 1 unspecified atom stereocenters. The summed E-state index contributed by atoms with van der Waals surface area (Å²) in [6.45, 7) is 2.14. The minimum absolute atomic E-state index is 0.0263. The summed E-state index contributed by atoms with van der Waals surface area (Å²) in [4.78, 5) is 32.4. The molecular weight excluding hydrogens is 493 g/mol. The molecule has 2 aliphatic rings. The van der Waals surface area contributed by atoms with E-state index in [0.717, 1.165) is 5.56 Å². The van der Waals surface area contributed by atoms with E-state index in [1.165, 1.54) is 43.1 Å². The van der Waals surface area contributed by atoms with Crippen molar-refractivity contribution >= 4 is 46.1 Å². The number of benzene rings is 2. The number of carbonyl (C=O) groups excluding carboxylic acids is 2. The molecule has 4 rings (SSSR count). The largest absolute Gasteiger partial charge is 0.460 e. The van der Waals surface area contributed by atoms with E-state index in [1.807, 2.05) is 22.4 Å². The average molecular weight is 516 g/mol. The topological polar surface area (TPSA) is 80.2 Å². The quantitative estimate of drug-likeness (QED) is 0.381. The van der Waals surface area contributed by atoms with E-state index in [4.69, 9.17) is 21.1 Å². The Bertz CT molecular complexity index is 1210. The molecule has 1 N–H and O–H groups in total. The first kappa shape index (κ1) is 25.0. The summed E-state index contributed by atoms with van der Waals surface area (Å²) >= 11 is 7.49. The molecule has 2 aromatic carbocycles. The van der Waals surface area contributed by atoms with Crippen molar-refractivity contribution in [1.29, 1.82) is 0 Å². The summed E-state index contributed by atoms with van der Waals surface area (Å²) in [6, 6.07) is 12.2. The van der Waals surface area contributed by atoms with Crippen LogP contribution in [0.1, 0.15) is 24.9 Å². The fourth-order valence-electron chi connectivity index (χ4n) is 3.79. The summed E-state index contributed by atoms with van der Waals surface area (Å²) < 4.78 is 23.6. The molecule has 0 saturated carbocycles. The van der Waals surface area contributed by atoms with Gasteiger partial charge in [0.1, 0.15) is 12.4 Å². The van der Waals surface area contributed by atoms with Crippen LogP contribution in [0.25, 0.3) is 0 Å². The fraction of sp³-hybridized carbons (Fsp3) is 0.240. The number of nitrogens with one attached hydrogen (secondary N) is 1. The standard InChI is InChI=1S/C25H23ClFN3O4S/c1-15-22(24(32)34-12-11-33-2)23(16-3-5-17(26)6-4-16)30-20(14-35-25(30)28-15)13-21(31)29-19-9-7-18(27)8-10-19/h3-10,14,23H,11-13H2,1-2H3,(H,29,31). The normalized spacial score (nSPS) is 17.0. The summed E-state index contributed by atoms with van der Waals surface area (Å²) in [7, 11) is 1.53. The average Bonchev–Trinajstić information content (AvgIpc) is 3.22. The van der Waals surface area contributed by atoms with Gasteiger partial charge in [0, 0.05) is 23.5 Å². The summed E-state index contributed by atoms with van der Waals surface area (Å²) in [5.41, 5.74) is 2.87. The minimum Gasteiger partial charge on any atom is -0.460 e. The van der Waals surface area contributed by atoms with Crippen LogP contribution in [0.3, 0.4) is 0 Å². The highest BCUT2D eigenvalue weighted by atomic mass is 35.5. The van der Waals surface area contributed by atoms with Gasteiger partial charge in [-0.1, -0.05) is 35.5 Å². The number of hydrogen-bond acceptors (Lipinski definition) is 7. The van der Waals surface area contributed by atoms with Crippen molar-refractivity contribution < 1.29 is 23.5 Å². The number of anilines is 1. The predicted molar refractivity (Wildman–Crippen MR) is 134 cm³/mol. The molecule has 0 saturated heterocycles.